The van der Waals surface area contributed by atoms with Gasteiger partial charge in [-0.05, 0) is 79.1 Å². The number of hydrogen-bond acceptors (Lipinski definition) is 3. The molecule has 3 heteroatoms. The van der Waals surface area contributed by atoms with E-state index in [1.54, 1.807) is 0 Å². The number of aliphatic hydroxyl groups is 1. The molecule has 0 aromatic carbocycles. The molecule has 0 aromatic heterocycles. The van der Waals surface area contributed by atoms with Crippen LogP contribution in [0.15, 0.2) is 11.3 Å². The van der Waals surface area contributed by atoms with Crippen molar-refractivity contribution in [1.29, 1.82) is 0 Å². The Kier molecular flexibility index (Phi) is 5.68. The third kappa shape index (κ3) is 3.50. The summed E-state index contributed by atoms with van der Waals surface area (Å²) < 4.78 is 6.12. The van der Waals surface area contributed by atoms with Crippen LogP contribution in [0.25, 0.3) is 0 Å². The molecule has 1 N–H and O–H groups in total. The minimum Gasteiger partial charge on any atom is -0.431 e. The summed E-state index contributed by atoms with van der Waals surface area (Å²) in [7, 11) is 0. The van der Waals surface area contributed by atoms with Gasteiger partial charge >= 0.3 is 5.97 Å². The van der Waals surface area contributed by atoms with Crippen LogP contribution in [0.2, 0.25) is 0 Å². The fraction of sp³-hybridized carbons (Fsp3) is 0.885. The van der Waals surface area contributed by atoms with Crippen molar-refractivity contribution in [2.45, 2.75) is 105 Å². The number of carbonyl (C=O) groups excluding carboxylic acids is 1. The predicted molar refractivity (Wildman–Crippen MR) is 116 cm³/mol. The van der Waals surface area contributed by atoms with Crippen molar-refractivity contribution in [3.05, 3.63) is 11.3 Å². The lowest BCUT2D eigenvalue weighted by atomic mass is 9.53. The molecule has 3 aliphatic carbocycles. The summed E-state index contributed by atoms with van der Waals surface area (Å²) in [5.41, 5.74) is 1.66. The second-order valence-electron chi connectivity index (χ2n) is 11.7. The van der Waals surface area contributed by atoms with Gasteiger partial charge in [0.15, 0.2) is 0 Å². The largest absolute Gasteiger partial charge is 0.431 e. The van der Waals surface area contributed by atoms with Crippen LogP contribution in [0.5, 0.6) is 0 Å². The number of allylic oxidation sites excluding steroid dienone is 2. The van der Waals surface area contributed by atoms with Gasteiger partial charge in [0.05, 0.1) is 12.0 Å². The number of esters is 1. The molecule has 29 heavy (non-hydrogen) atoms. The lowest BCUT2D eigenvalue weighted by molar-refractivity contribution is -0.170. The van der Waals surface area contributed by atoms with E-state index in [0.717, 1.165) is 49.2 Å². The van der Waals surface area contributed by atoms with Crippen LogP contribution in [0.3, 0.4) is 0 Å². The summed E-state index contributed by atoms with van der Waals surface area (Å²) in [5, 5.41) is 10.1. The van der Waals surface area contributed by atoms with Gasteiger partial charge < -0.3 is 9.84 Å². The quantitative estimate of drug-likeness (QED) is 0.553. The maximum absolute atomic E-state index is 13.0. The standard InChI is InChI=1S/C26H42O3/c1-16(2)7-6-8-17(3)19-9-10-20-23-21(12-14-25(19,20)4)26(5)13-11-18(27)15-22(26)24(28)29-23/h16-19,21-22,27H,6-15H2,1-5H3/t17-,18+,19-,21+,22-,25-,26-/m1/s1. The fourth-order valence-electron chi connectivity index (χ4n) is 7.65. The third-order valence-electron chi connectivity index (χ3n) is 9.52. The molecule has 7 atom stereocenters. The topological polar surface area (TPSA) is 46.5 Å². The number of ether oxygens (including phenoxy) is 1. The maximum Gasteiger partial charge on any atom is 0.314 e. The van der Waals surface area contributed by atoms with Gasteiger partial charge in [-0.2, -0.15) is 0 Å². The maximum atomic E-state index is 13.0. The highest BCUT2D eigenvalue weighted by molar-refractivity contribution is 5.76. The van der Waals surface area contributed by atoms with E-state index in [1.807, 2.05) is 0 Å². The molecule has 0 bridgehead atoms. The van der Waals surface area contributed by atoms with Gasteiger partial charge in [-0.3, -0.25) is 4.79 Å². The molecule has 1 heterocycles. The first kappa shape index (κ1) is 21.4. The molecule has 4 rings (SSSR count). The molecule has 0 spiro atoms. The Labute approximate surface area is 177 Å². The average molecular weight is 403 g/mol. The molecular formula is C26H42O3. The molecule has 164 valence electrons. The fourth-order valence-corrected chi connectivity index (χ4v) is 7.65. The smallest absolute Gasteiger partial charge is 0.314 e. The normalized spacial score (nSPS) is 42.9. The Morgan fingerprint density at radius 2 is 1.83 bits per heavy atom. The zero-order valence-electron chi connectivity index (χ0n) is 19.3. The van der Waals surface area contributed by atoms with Gasteiger partial charge in [0.2, 0.25) is 0 Å². The molecule has 2 saturated carbocycles. The zero-order chi connectivity index (χ0) is 21.0. The Bertz CT molecular complexity index is 679. The van der Waals surface area contributed by atoms with Crippen molar-refractivity contribution >= 4 is 5.97 Å². The average Bonchev–Trinajstić information content (AvgIpc) is 3.00. The molecule has 3 fully saturated rings. The van der Waals surface area contributed by atoms with Gasteiger partial charge in [0.1, 0.15) is 5.76 Å². The lowest BCUT2D eigenvalue weighted by Crippen LogP contribution is -2.52. The first-order chi connectivity index (χ1) is 13.7. The van der Waals surface area contributed by atoms with Crippen LogP contribution in [0, 0.1) is 40.4 Å². The highest BCUT2D eigenvalue weighted by atomic mass is 16.5. The van der Waals surface area contributed by atoms with Crippen molar-refractivity contribution < 1.29 is 14.6 Å². The number of fused-ring (bicyclic) bond motifs is 4. The Morgan fingerprint density at radius 1 is 1.07 bits per heavy atom. The van der Waals surface area contributed by atoms with E-state index in [9.17, 15) is 9.90 Å². The summed E-state index contributed by atoms with van der Waals surface area (Å²) in [6.45, 7) is 11.9. The first-order valence-corrected chi connectivity index (χ1v) is 12.3. The summed E-state index contributed by atoms with van der Waals surface area (Å²) in [5.74, 6) is 3.49. The molecule has 0 amide bonds. The molecule has 1 saturated heterocycles. The summed E-state index contributed by atoms with van der Waals surface area (Å²) >= 11 is 0. The van der Waals surface area contributed by atoms with Crippen molar-refractivity contribution in [3.8, 4) is 0 Å². The highest BCUT2D eigenvalue weighted by Gasteiger charge is 2.59. The lowest BCUT2D eigenvalue weighted by Gasteiger charge is -2.54. The van der Waals surface area contributed by atoms with Gasteiger partial charge in [-0.1, -0.05) is 53.9 Å². The van der Waals surface area contributed by atoms with Crippen molar-refractivity contribution in [2.75, 3.05) is 0 Å². The SMILES string of the molecule is CC(C)CCC[C@@H](C)[C@H]1CCC2=C3OC(=O)[C@H]4C[C@@H](O)CC[C@]4(C)[C@H]3CC[C@@]21C. The number of hydrogen-bond donors (Lipinski definition) is 1. The Hall–Kier alpha value is -0.830. The van der Waals surface area contributed by atoms with Crippen molar-refractivity contribution in [2.24, 2.45) is 40.4 Å². The summed E-state index contributed by atoms with van der Waals surface area (Å²) in [6, 6.07) is 0. The number of carbonyl (C=O) groups is 1. The van der Waals surface area contributed by atoms with Crippen LogP contribution in [0.1, 0.15) is 98.8 Å². The van der Waals surface area contributed by atoms with Crippen LogP contribution >= 0.6 is 0 Å². The van der Waals surface area contributed by atoms with E-state index in [-0.39, 0.29) is 28.8 Å². The summed E-state index contributed by atoms with van der Waals surface area (Å²) in [4.78, 5) is 13.0. The predicted octanol–water partition coefficient (Wildman–Crippen LogP) is 6.25. The van der Waals surface area contributed by atoms with E-state index in [4.69, 9.17) is 4.74 Å². The van der Waals surface area contributed by atoms with E-state index < -0.39 is 0 Å². The third-order valence-corrected chi connectivity index (χ3v) is 9.52. The van der Waals surface area contributed by atoms with Crippen LogP contribution in [-0.2, 0) is 9.53 Å². The van der Waals surface area contributed by atoms with Gasteiger partial charge in [-0.25, -0.2) is 0 Å². The number of aliphatic hydroxyl groups excluding tert-OH is 1. The van der Waals surface area contributed by atoms with Crippen LogP contribution in [0.4, 0.5) is 0 Å². The molecule has 0 unspecified atom stereocenters. The second kappa shape index (κ2) is 7.70. The first-order valence-electron chi connectivity index (χ1n) is 12.3. The summed E-state index contributed by atoms with van der Waals surface area (Å²) in [6.07, 6.45) is 10.7. The molecule has 1 aliphatic heterocycles. The minimum atomic E-state index is -0.341. The van der Waals surface area contributed by atoms with Crippen molar-refractivity contribution in [1.82, 2.24) is 0 Å². The Morgan fingerprint density at radius 3 is 2.55 bits per heavy atom. The minimum absolute atomic E-state index is 0.0286. The zero-order valence-corrected chi connectivity index (χ0v) is 19.3. The van der Waals surface area contributed by atoms with Crippen LogP contribution in [-0.4, -0.2) is 17.2 Å². The molecular weight excluding hydrogens is 360 g/mol. The molecule has 4 aliphatic rings. The number of rotatable bonds is 5. The highest BCUT2D eigenvalue weighted by Crippen LogP contribution is 2.64. The Balaban J connectivity index is 1.58. The van der Waals surface area contributed by atoms with E-state index in [1.165, 1.54) is 37.7 Å². The van der Waals surface area contributed by atoms with E-state index >= 15 is 0 Å². The van der Waals surface area contributed by atoms with Gasteiger partial charge in [0, 0.05) is 5.92 Å². The molecule has 3 nitrogen and oxygen atoms in total. The van der Waals surface area contributed by atoms with Crippen molar-refractivity contribution in [3.63, 3.8) is 0 Å². The van der Waals surface area contributed by atoms with Gasteiger partial charge in [-0.15, -0.1) is 0 Å². The van der Waals surface area contributed by atoms with Crippen LogP contribution < -0.4 is 0 Å². The van der Waals surface area contributed by atoms with E-state index in [2.05, 4.69) is 34.6 Å². The second-order valence-corrected chi connectivity index (χ2v) is 11.7. The van der Waals surface area contributed by atoms with Gasteiger partial charge in [0.25, 0.3) is 0 Å². The molecule has 0 radical (unpaired) electrons. The van der Waals surface area contributed by atoms with E-state index in [0.29, 0.717) is 12.3 Å². The monoisotopic (exact) mass is 402 g/mol. The molecule has 0 aromatic rings.